The summed E-state index contributed by atoms with van der Waals surface area (Å²) >= 11 is 0. The maximum absolute atomic E-state index is 12.8. The number of allylic oxidation sites excluding steroid dienone is 4. The molecule has 3 aromatic carbocycles. The maximum atomic E-state index is 12.8. The van der Waals surface area contributed by atoms with Crippen molar-refractivity contribution < 1.29 is 48.3 Å². The maximum Gasteiger partial charge on any atom is 0.294 e. The minimum absolute atomic E-state index is 0.0533. The second-order valence-electron chi connectivity index (χ2n) is 16.3. The van der Waals surface area contributed by atoms with E-state index in [9.17, 15) is 43.7 Å². The second kappa shape index (κ2) is 17.9. The smallest absolute Gasteiger partial charge is 0.294 e. The van der Waals surface area contributed by atoms with Crippen LogP contribution >= 0.6 is 0 Å². The Kier molecular flexibility index (Phi) is 13.3. The third-order valence-corrected chi connectivity index (χ3v) is 13.7. The van der Waals surface area contributed by atoms with Gasteiger partial charge in [0, 0.05) is 66.0 Å². The van der Waals surface area contributed by atoms with Crippen LogP contribution in [0.1, 0.15) is 82.3 Å². The molecule has 3 N–H and O–H groups in total. The highest BCUT2D eigenvalue weighted by molar-refractivity contribution is 7.86. The normalized spacial score (nSPS) is 16.6. The number of anilines is 1. The summed E-state index contributed by atoms with van der Waals surface area (Å²) in [7, 11) is -13.5. The van der Waals surface area contributed by atoms with Gasteiger partial charge in [-0.3, -0.25) is 13.9 Å². The van der Waals surface area contributed by atoms with Crippen molar-refractivity contribution in [2.24, 2.45) is 0 Å². The van der Waals surface area contributed by atoms with Crippen molar-refractivity contribution in [1.82, 2.24) is 25.7 Å². The van der Waals surface area contributed by atoms with Crippen molar-refractivity contribution in [2.75, 3.05) is 23.7 Å². The van der Waals surface area contributed by atoms with Gasteiger partial charge in [0.2, 0.25) is 17.4 Å². The summed E-state index contributed by atoms with van der Waals surface area (Å²) in [6, 6.07) is 16.0. The van der Waals surface area contributed by atoms with E-state index in [1.165, 1.54) is 30.3 Å². The summed E-state index contributed by atoms with van der Waals surface area (Å²) in [4.78, 5) is 14.2. The van der Waals surface area contributed by atoms with Crippen LogP contribution in [0.2, 0.25) is 0 Å². The fourth-order valence-corrected chi connectivity index (χ4v) is 9.43. The van der Waals surface area contributed by atoms with Crippen molar-refractivity contribution in [1.29, 1.82) is 0 Å². The molecule has 4 aromatic rings. The van der Waals surface area contributed by atoms with Gasteiger partial charge in [0.05, 0.1) is 21.0 Å². The van der Waals surface area contributed by atoms with E-state index in [2.05, 4.69) is 30.6 Å². The lowest BCUT2D eigenvalue weighted by Crippen LogP contribution is -2.29. The third-order valence-electron chi connectivity index (χ3n) is 11.2. The molecule has 1 aromatic heterocycles. The highest BCUT2D eigenvalue weighted by Crippen LogP contribution is 2.49. The number of aryl methyl sites for hydroxylation is 1. The van der Waals surface area contributed by atoms with Gasteiger partial charge in [-0.2, -0.15) is 21.4 Å². The Hall–Kier alpha value is -5.25. The van der Waals surface area contributed by atoms with Crippen LogP contribution in [0.5, 0.6) is 0 Å². The average Bonchev–Trinajstić information content (AvgIpc) is 3.53. The van der Waals surface area contributed by atoms with E-state index < -0.39 is 51.8 Å². The number of nitrogens with one attached hydrogen (secondary N) is 1. The summed E-state index contributed by atoms with van der Waals surface area (Å²) < 4.78 is 105. The number of unbranched alkanes of at least 4 members (excludes halogenated alkanes) is 2. The quantitative estimate of drug-likeness (QED) is 0.0703. The number of carbonyl (C=O) groups is 1. The van der Waals surface area contributed by atoms with Gasteiger partial charge in [-0.05, 0) is 81.1 Å². The van der Waals surface area contributed by atoms with Gasteiger partial charge >= 0.3 is 0 Å². The second-order valence-corrected chi connectivity index (χ2v) is 20.7. The highest BCUT2D eigenvalue weighted by Gasteiger charge is 2.45. The minimum atomic E-state index is -4.77. The molecule has 0 saturated heterocycles. The van der Waals surface area contributed by atoms with Gasteiger partial charge in [-0.1, -0.05) is 50.6 Å². The Bertz CT molecular complexity index is 2810. The SMILES string of the molecule is Cc1nnc(-c2ccc(CNC(=O)CCCCCN3C(=CC=CC4=[N+](CCCS(=O)(=O)O)c5ccc(S(=O)(=O)[O-])cc5C4(C)C)C(C)(C)c4cc(S(=O)(=O)O)ccc43)cc2)nn1. The lowest BCUT2D eigenvalue weighted by atomic mass is 9.81. The summed E-state index contributed by atoms with van der Waals surface area (Å²) in [6.45, 7) is 10.3. The van der Waals surface area contributed by atoms with Crippen LogP contribution in [0.25, 0.3) is 11.4 Å². The Balaban J connectivity index is 1.18. The first kappa shape index (κ1) is 46.3. The lowest BCUT2D eigenvalue weighted by Gasteiger charge is -2.27. The molecule has 0 fully saturated rings. The van der Waals surface area contributed by atoms with Crippen LogP contribution in [-0.4, -0.2) is 94.3 Å². The van der Waals surface area contributed by atoms with Gasteiger partial charge in [0.25, 0.3) is 20.2 Å². The van der Waals surface area contributed by atoms with Crippen molar-refractivity contribution in [3.8, 4) is 11.4 Å². The third kappa shape index (κ3) is 10.5. The molecule has 0 atom stereocenters. The number of benzene rings is 3. The minimum Gasteiger partial charge on any atom is -0.744 e. The van der Waals surface area contributed by atoms with Crippen molar-refractivity contribution in [3.05, 3.63) is 107 Å². The largest absolute Gasteiger partial charge is 0.744 e. The molecule has 2 aliphatic rings. The van der Waals surface area contributed by atoms with Crippen LogP contribution in [0.4, 0.5) is 11.4 Å². The van der Waals surface area contributed by atoms with E-state index in [0.29, 0.717) is 72.9 Å². The molecule has 0 aliphatic carbocycles. The zero-order valence-corrected chi connectivity index (χ0v) is 37.4. The van der Waals surface area contributed by atoms with E-state index in [0.717, 1.165) is 22.5 Å². The average molecular weight is 908 g/mol. The van der Waals surface area contributed by atoms with Crippen molar-refractivity contribution in [3.63, 3.8) is 0 Å². The molecular formula is C42H49N7O10S3. The number of fused-ring (bicyclic) bond motifs is 2. The molecular weight excluding hydrogens is 859 g/mol. The van der Waals surface area contributed by atoms with E-state index in [1.54, 1.807) is 13.0 Å². The molecule has 3 heterocycles. The molecule has 6 rings (SSSR count). The summed E-state index contributed by atoms with van der Waals surface area (Å²) in [6.07, 6.45) is 7.92. The van der Waals surface area contributed by atoms with Gasteiger partial charge in [0.1, 0.15) is 16.7 Å². The Morgan fingerprint density at radius 2 is 1.48 bits per heavy atom. The molecule has 330 valence electrons. The number of carbonyl (C=O) groups excluding carboxylic acids is 1. The zero-order valence-electron chi connectivity index (χ0n) is 34.9. The van der Waals surface area contributed by atoms with Crippen molar-refractivity contribution >= 4 is 53.3 Å². The number of aromatic nitrogens is 4. The number of amides is 1. The fraction of sp³-hybridized carbons (Fsp3) is 0.381. The molecule has 62 heavy (non-hydrogen) atoms. The number of hydrogen-bond acceptors (Lipinski definition) is 13. The van der Waals surface area contributed by atoms with Gasteiger partial charge in [0.15, 0.2) is 11.5 Å². The molecule has 1 amide bonds. The number of nitrogens with zero attached hydrogens (tertiary/aromatic N) is 6. The standard InChI is InChI=1S/C42H49N7O10S3/c1-28-44-46-40(47-45-28)30-16-14-29(15-17-30)27-43-39(50)13-7-6-8-22-48-35-20-18-31(61(54,55)56)25-33(35)41(2,3)37(48)11-9-12-38-42(4,5)34-26-32(62(57,58)59)19-21-36(34)49(38)23-10-24-60(51,52)53/h9,11-12,14-21,25-26H,6-8,10,13,22-24,27H2,1-5H3,(H3-,43,50,51,52,53,54,55,56,57,58,59). The number of rotatable bonds is 17. The van der Waals surface area contributed by atoms with Gasteiger partial charge in [-0.25, -0.2) is 8.42 Å². The molecule has 17 nitrogen and oxygen atoms in total. The summed E-state index contributed by atoms with van der Waals surface area (Å²) in [5.74, 6) is 0.298. The molecule has 0 unspecified atom stereocenters. The van der Waals surface area contributed by atoms with E-state index >= 15 is 0 Å². The number of hydrogen-bond donors (Lipinski definition) is 3. The molecule has 20 heteroatoms. The van der Waals surface area contributed by atoms with E-state index in [1.807, 2.05) is 74.8 Å². The summed E-state index contributed by atoms with van der Waals surface area (Å²) in [5.41, 5.74) is 4.14. The topological polar surface area (TPSA) is 253 Å². The van der Waals surface area contributed by atoms with Crippen molar-refractivity contribution in [2.45, 2.75) is 93.9 Å². The predicted molar refractivity (Wildman–Crippen MR) is 230 cm³/mol. The lowest BCUT2D eigenvalue weighted by molar-refractivity contribution is -0.437. The zero-order chi connectivity index (χ0) is 45.3. The Morgan fingerprint density at radius 3 is 2.13 bits per heavy atom. The Morgan fingerprint density at radius 1 is 0.823 bits per heavy atom. The van der Waals surface area contributed by atoms with Crippen LogP contribution in [0.15, 0.2) is 94.4 Å². The van der Waals surface area contributed by atoms with E-state index in [-0.39, 0.29) is 23.8 Å². The van der Waals surface area contributed by atoms with Crippen LogP contribution < -0.4 is 10.2 Å². The molecule has 0 saturated carbocycles. The van der Waals surface area contributed by atoms with Crippen LogP contribution in [-0.2, 0) is 52.5 Å². The molecule has 2 aliphatic heterocycles. The first-order valence-corrected chi connectivity index (χ1v) is 24.3. The Labute approximate surface area is 362 Å². The van der Waals surface area contributed by atoms with Crippen LogP contribution in [0.3, 0.4) is 0 Å². The fourth-order valence-electron chi connectivity index (χ4n) is 7.93. The highest BCUT2D eigenvalue weighted by atomic mass is 32.2. The van der Waals surface area contributed by atoms with Gasteiger partial charge < -0.3 is 14.8 Å². The molecule has 0 radical (unpaired) electrons. The first-order chi connectivity index (χ1) is 29.0. The molecule has 0 bridgehead atoms. The van der Waals surface area contributed by atoms with Crippen LogP contribution in [0, 0.1) is 6.92 Å². The molecule has 0 spiro atoms. The summed E-state index contributed by atoms with van der Waals surface area (Å²) in [5, 5.41) is 18.9. The first-order valence-electron chi connectivity index (χ1n) is 19.9. The predicted octanol–water partition coefficient (Wildman–Crippen LogP) is 5.16. The van der Waals surface area contributed by atoms with Gasteiger partial charge in [-0.15, -0.1) is 20.4 Å². The monoisotopic (exact) mass is 907 g/mol. The van der Waals surface area contributed by atoms with E-state index in [4.69, 9.17) is 0 Å².